The van der Waals surface area contributed by atoms with E-state index in [2.05, 4.69) is 35.1 Å². The van der Waals surface area contributed by atoms with E-state index in [1.807, 2.05) is 32.0 Å². The third-order valence-corrected chi connectivity index (χ3v) is 6.41. The highest BCUT2D eigenvalue weighted by atomic mass is 79.9. The highest BCUT2D eigenvalue weighted by Gasteiger charge is 2.29. The first-order valence-electron chi connectivity index (χ1n) is 10.6. The zero-order valence-corrected chi connectivity index (χ0v) is 21.9. The molecule has 0 aliphatic carbocycles. The summed E-state index contributed by atoms with van der Waals surface area (Å²) in [6.07, 6.45) is 0.464. The van der Waals surface area contributed by atoms with Crippen LogP contribution in [0, 0.1) is 0 Å². The van der Waals surface area contributed by atoms with Gasteiger partial charge < -0.3 is 15.0 Å². The van der Waals surface area contributed by atoms with Gasteiger partial charge in [0.15, 0.2) is 6.61 Å². The molecule has 0 radical (unpaired) electrons. The Morgan fingerprint density at radius 1 is 1.09 bits per heavy atom. The molecule has 0 aliphatic heterocycles. The molecular formula is C24H29BrCl2N2O3. The van der Waals surface area contributed by atoms with E-state index >= 15 is 0 Å². The normalized spacial score (nSPS) is 11.9. The molecule has 0 bridgehead atoms. The van der Waals surface area contributed by atoms with E-state index in [0.29, 0.717) is 34.7 Å². The van der Waals surface area contributed by atoms with Gasteiger partial charge in [-0.25, -0.2) is 0 Å². The maximum Gasteiger partial charge on any atom is 0.261 e. The van der Waals surface area contributed by atoms with Gasteiger partial charge in [-0.05, 0) is 70.6 Å². The van der Waals surface area contributed by atoms with Crippen molar-refractivity contribution in [3.63, 3.8) is 0 Å². The first-order valence-corrected chi connectivity index (χ1v) is 12.2. The SMILES string of the molecule is CCNC(=O)[C@H](CC)N(Cc1ccc(Cl)c(Cl)c1)C(=O)COc1ccc(C(C)C)cc1Br. The number of nitrogens with one attached hydrogen (secondary N) is 1. The van der Waals surface area contributed by atoms with Gasteiger partial charge in [-0.3, -0.25) is 9.59 Å². The molecule has 0 spiro atoms. The lowest BCUT2D eigenvalue weighted by atomic mass is 10.0. The van der Waals surface area contributed by atoms with E-state index in [9.17, 15) is 9.59 Å². The first-order chi connectivity index (χ1) is 15.2. The summed E-state index contributed by atoms with van der Waals surface area (Å²) < 4.78 is 6.59. The molecule has 1 N–H and O–H groups in total. The topological polar surface area (TPSA) is 58.6 Å². The number of carbonyl (C=O) groups excluding carboxylic acids is 2. The molecule has 0 saturated carbocycles. The third-order valence-electron chi connectivity index (χ3n) is 5.05. The zero-order valence-electron chi connectivity index (χ0n) is 18.8. The minimum absolute atomic E-state index is 0.198. The van der Waals surface area contributed by atoms with Gasteiger partial charge in [-0.15, -0.1) is 0 Å². The molecule has 174 valence electrons. The number of rotatable bonds is 10. The summed E-state index contributed by atoms with van der Waals surface area (Å²) >= 11 is 15.7. The molecule has 0 aliphatic rings. The van der Waals surface area contributed by atoms with E-state index in [1.165, 1.54) is 10.5 Å². The number of amides is 2. The number of likely N-dealkylation sites (N-methyl/N-ethyl adjacent to an activating group) is 1. The van der Waals surface area contributed by atoms with Gasteiger partial charge in [-0.2, -0.15) is 0 Å². The number of hydrogen-bond acceptors (Lipinski definition) is 3. The lowest BCUT2D eigenvalue weighted by molar-refractivity contribution is -0.142. The zero-order chi connectivity index (χ0) is 23.8. The minimum atomic E-state index is -0.632. The van der Waals surface area contributed by atoms with E-state index < -0.39 is 6.04 Å². The van der Waals surface area contributed by atoms with Crippen molar-refractivity contribution in [2.75, 3.05) is 13.2 Å². The first kappa shape index (κ1) is 26.5. The molecular weight excluding hydrogens is 515 g/mol. The summed E-state index contributed by atoms with van der Waals surface area (Å²) in [7, 11) is 0. The van der Waals surface area contributed by atoms with Gasteiger partial charge in [0.2, 0.25) is 5.91 Å². The highest BCUT2D eigenvalue weighted by molar-refractivity contribution is 9.10. The van der Waals surface area contributed by atoms with E-state index in [1.54, 1.807) is 18.2 Å². The quantitative estimate of drug-likeness (QED) is 0.388. The summed E-state index contributed by atoms with van der Waals surface area (Å²) in [5.41, 5.74) is 1.94. The predicted molar refractivity (Wildman–Crippen MR) is 134 cm³/mol. The second-order valence-corrected chi connectivity index (χ2v) is 9.39. The maximum atomic E-state index is 13.2. The molecule has 5 nitrogen and oxygen atoms in total. The van der Waals surface area contributed by atoms with Crippen LogP contribution in [0.4, 0.5) is 0 Å². The lowest BCUT2D eigenvalue weighted by Crippen LogP contribution is -2.50. The Balaban J connectivity index is 2.24. The van der Waals surface area contributed by atoms with Gasteiger partial charge in [0.1, 0.15) is 11.8 Å². The monoisotopic (exact) mass is 542 g/mol. The lowest BCUT2D eigenvalue weighted by Gasteiger charge is -2.30. The van der Waals surface area contributed by atoms with E-state index in [-0.39, 0.29) is 25.0 Å². The molecule has 0 fully saturated rings. The fraction of sp³-hybridized carbons (Fsp3) is 0.417. The fourth-order valence-electron chi connectivity index (χ4n) is 3.26. The molecule has 0 saturated heterocycles. The highest BCUT2D eigenvalue weighted by Crippen LogP contribution is 2.29. The maximum absolute atomic E-state index is 13.2. The van der Waals surface area contributed by atoms with Crippen LogP contribution in [-0.4, -0.2) is 35.9 Å². The minimum Gasteiger partial charge on any atom is -0.483 e. The summed E-state index contributed by atoms with van der Waals surface area (Å²) in [5, 5.41) is 3.64. The molecule has 32 heavy (non-hydrogen) atoms. The van der Waals surface area contributed by atoms with Crippen molar-refractivity contribution in [2.45, 2.75) is 52.6 Å². The van der Waals surface area contributed by atoms with Crippen LogP contribution in [0.25, 0.3) is 0 Å². The smallest absolute Gasteiger partial charge is 0.261 e. The number of halogens is 3. The van der Waals surface area contributed by atoms with E-state index in [0.717, 1.165) is 10.0 Å². The number of benzene rings is 2. The van der Waals surface area contributed by atoms with Crippen LogP contribution in [0.15, 0.2) is 40.9 Å². The Labute approximate surface area is 208 Å². The molecule has 0 unspecified atom stereocenters. The fourth-order valence-corrected chi connectivity index (χ4v) is 4.09. The van der Waals surface area contributed by atoms with Crippen molar-refractivity contribution in [3.05, 3.63) is 62.0 Å². The summed E-state index contributed by atoms with van der Waals surface area (Å²) in [4.78, 5) is 27.4. The number of carbonyl (C=O) groups is 2. The Bertz CT molecular complexity index is 953. The molecule has 2 amide bonds. The van der Waals surface area contributed by atoms with Gasteiger partial charge >= 0.3 is 0 Å². The van der Waals surface area contributed by atoms with Crippen molar-refractivity contribution in [1.29, 1.82) is 0 Å². The predicted octanol–water partition coefficient (Wildman–Crippen LogP) is 6.20. The van der Waals surface area contributed by atoms with Crippen LogP contribution in [0.3, 0.4) is 0 Å². The van der Waals surface area contributed by atoms with Crippen molar-refractivity contribution < 1.29 is 14.3 Å². The van der Waals surface area contributed by atoms with Crippen molar-refractivity contribution in [3.8, 4) is 5.75 Å². The number of nitrogens with zero attached hydrogens (tertiary/aromatic N) is 1. The Morgan fingerprint density at radius 3 is 2.38 bits per heavy atom. The van der Waals surface area contributed by atoms with Gasteiger partial charge in [0.25, 0.3) is 5.91 Å². The average Bonchev–Trinajstić information content (AvgIpc) is 2.75. The van der Waals surface area contributed by atoms with Crippen LogP contribution < -0.4 is 10.1 Å². The summed E-state index contributed by atoms with van der Waals surface area (Å²) in [6.45, 7) is 8.43. The van der Waals surface area contributed by atoms with Gasteiger partial charge in [0, 0.05) is 13.1 Å². The van der Waals surface area contributed by atoms with Crippen molar-refractivity contribution in [2.24, 2.45) is 0 Å². The molecule has 0 aromatic heterocycles. The van der Waals surface area contributed by atoms with Crippen LogP contribution >= 0.6 is 39.1 Å². The van der Waals surface area contributed by atoms with Crippen molar-refractivity contribution >= 4 is 50.9 Å². The van der Waals surface area contributed by atoms with Crippen LogP contribution in [0.2, 0.25) is 10.0 Å². The van der Waals surface area contributed by atoms with Gasteiger partial charge in [0.05, 0.1) is 14.5 Å². The van der Waals surface area contributed by atoms with Crippen LogP contribution in [0.1, 0.15) is 51.2 Å². The molecule has 0 heterocycles. The van der Waals surface area contributed by atoms with E-state index in [4.69, 9.17) is 27.9 Å². The molecule has 2 aromatic rings. The Hall–Kier alpha value is -1.76. The van der Waals surface area contributed by atoms with Crippen molar-refractivity contribution in [1.82, 2.24) is 10.2 Å². The molecule has 8 heteroatoms. The largest absolute Gasteiger partial charge is 0.483 e. The second kappa shape index (κ2) is 12.5. The van der Waals surface area contributed by atoms with Crippen LogP contribution in [-0.2, 0) is 16.1 Å². The second-order valence-electron chi connectivity index (χ2n) is 7.72. The third kappa shape index (κ3) is 7.12. The molecule has 2 rings (SSSR count). The van der Waals surface area contributed by atoms with Gasteiger partial charge in [-0.1, -0.05) is 56.1 Å². The summed E-state index contributed by atoms with van der Waals surface area (Å²) in [5.74, 6) is 0.453. The molecule has 1 atom stereocenters. The molecule has 2 aromatic carbocycles. The number of ether oxygens (including phenoxy) is 1. The summed E-state index contributed by atoms with van der Waals surface area (Å²) in [6, 6.07) is 10.4. The standard InChI is InChI=1S/C24H29BrCl2N2O3/c1-5-21(24(31)28-6-2)29(13-16-7-9-19(26)20(27)11-16)23(30)14-32-22-10-8-17(15(3)4)12-18(22)25/h7-12,15,21H,5-6,13-14H2,1-4H3,(H,28,31)/t21-/m0/s1. The Morgan fingerprint density at radius 2 is 1.81 bits per heavy atom. The number of hydrogen-bond donors (Lipinski definition) is 1. The average molecular weight is 544 g/mol. The van der Waals surface area contributed by atoms with Crippen LogP contribution in [0.5, 0.6) is 5.75 Å². The Kier molecular flexibility index (Phi) is 10.3.